The summed E-state index contributed by atoms with van der Waals surface area (Å²) in [7, 11) is 0. The first-order chi connectivity index (χ1) is 10.9. The van der Waals surface area contributed by atoms with Crippen molar-refractivity contribution in [1.82, 2.24) is 9.97 Å². The summed E-state index contributed by atoms with van der Waals surface area (Å²) in [5.74, 6) is -1.83. The molecule has 1 fully saturated rings. The predicted molar refractivity (Wildman–Crippen MR) is 88.8 cm³/mol. The highest BCUT2D eigenvalue weighted by atomic mass is 32.1. The summed E-state index contributed by atoms with van der Waals surface area (Å²) in [4.78, 5) is 9.04. The summed E-state index contributed by atoms with van der Waals surface area (Å²) in [5.41, 5.74) is 8.44. The van der Waals surface area contributed by atoms with Crippen LogP contribution in [-0.4, -0.2) is 21.9 Å². The average molecular weight is 338 g/mol. The van der Waals surface area contributed by atoms with E-state index in [1.165, 1.54) is 11.3 Å². The fraction of sp³-hybridized carbons (Fsp3) is 0.500. The summed E-state index contributed by atoms with van der Waals surface area (Å²) in [6.07, 6.45) is 0.764. The van der Waals surface area contributed by atoms with Gasteiger partial charge >= 0.3 is 0 Å². The molecule has 1 aliphatic rings. The Balaban J connectivity index is 1.79. The van der Waals surface area contributed by atoms with Gasteiger partial charge in [-0.15, -0.1) is 11.3 Å². The number of hydrogen-bond donors (Lipinski definition) is 2. The van der Waals surface area contributed by atoms with Crippen LogP contribution in [0.4, 0.5) is 14.6 Å². The van der Waals surface area contributed by atoms with Crippen molar-refractivity contribution < 1.29 is 8.78 Å². The molecule has 1 saturated carbocycles. The van der Waals surface area contributed by atoms with Gasteiger partial charge < -0.3 is 11.1 Å². The number of nitrogens with zero attached hydrogens (tertiary/aromatic N) is 2. The Morgan fingerprint density at radius 3 is 2.65 bits per heavy atom. The third-order valence-corrected chi connectivity index (χ3v) is 5.01. The zero-order valence-electron chi connectivity index (χ0n) is 13.0. The van der Waals surface area contributed by atoms with Crippen LogP contribution in [0, 0.1) is 6.92 Å². The molecule has 0 aliphatic heterocycles. The van der Waals surface area contributed by atoms with Crippen LogP contribution in [0.2, 0.25) is 0 Å². The lowest BCUT2D eigenvalue weighted by atomic mass is 9.92. The largest absolute Gasteiger partial charge is 0.367 e. The molecule has 124 valence electrons. The smallest absolute Gasteiger partial charge is 0.248 e. The van der Waals surface area contributed by atoms with Crippen LogP contribution >= 0.6 is 11.3 Å². The molecule has 0 spiro atoms. The van der Waals surface area contributed by atoms with Crippen molar-refractivity contribution in [2.75, 3.05) is 5.32 Å². The third kappa shape index (κ3) is 4.03. The topological polar surface area (TPSA) is 63.8 Å². The Hall–Kier alpha value is -1.60. The maximum atomic E-state index is 13.3. The number of nitrogens with one attached hydrogen (secondary N) is 1. The van der Waals surface area contributed by atoms with E-state index < -0.39 is 5.92 Å². The molecule has 2 heterocycles. The van der Waals surface area contributed by atoms with E-state index >= 15 is 0 Å². The fourth-order valence-electron chi connectivity index (χ4n) is 2.75. The molecule has 1 aliphatic carbocycles. The van der Waals surface area contributed by atoms with Crippen LogP contribution in [0.25, 0.3) is 10.7 Å². The molecule has 2 aromatic rings. The summed E-state index contributed by atoms with van der Waals surface area (Å²) in [6, 6.07) is 3.84. The van der Waals surface area contributed by atoms with Crippen LogP contribution in [0.1, 0.15) is 36.9 Å². The quantitative estimate of drug-likeness (QED) is 0.885. The maximum Gasteiger partial charge on any atom is 0.248 e. The third-order valence-electron chi connectivity index (χ3n) is 4.03. The number of thiazole rings is 1. The van der Waals surface area contributed by atoms with Gasteiger partial charge in [0.2, 0.25) is 5.92 Å². The number of hydrogen-bond acceptors (Lipinski definition) is 5. The average Bonchev–Trinajstić information content (AvgIpc) is 2.96. The molecule has 0 saturated heterocycles. The summed E-state index contributed by atoms with van der Waals surface area (Å²) < 4.78 is 26.5. The second kappa shape index (κ2) is 6.49. The van der Waals surface area contributed by atoms with Crippen LogP contribution in [0.5, 0.6) is 0 Å². The first kappa shape index (κ1) is 16.3. The predicted octanol–water partition coefficient (Wildman–Crippen LogP) is 3.96. The zero-order valence-corrected chi connectivity index (χ0v) is 13.8. The van der Waals surface area contributed by atoms with E-state index in [4.69, 9.17) is 5.73 Å². The molecule has 0 atom stereocenters. The standard InChI is InChI=1S/C16H20F2N4S/c1-10-9-23-15(20-10)13-6-11(8-19)7-14(22-13)21-12-2-4-16(17,18)5-3-12/h6-7,9,12H,2-5,8,19H2,1H3,(H,21,22). The molecule has 0 amide bonds. The van der Waals surface area contributed by atoms with Crippen LogP contribution in [0.15, 0.2) is 17.5 Å². The Bertz CT molecular complexity index is 676. The van der Waals surface area contributed by atoms with Crippen molar-refractivity contribution in [2.45, 2.75) is 51.1 Å². The van der Waals surface area contributed by atoms with Crippen molar-refractivity contribution in [2.24, 2.45) is 5.73 Å². The molecule has 0 bridgehead atoms. The van der Waals surface area contributed by atoms with Crippen LogP contribution in [0.3, 0.4) is 0 Å². The number of alkyl halides is 2. The zero-order chi connectivity index (χ0) is 16.4. The molecule has 3 rings (SSSR count). The Labute approximate surface area is 138 Å². The summed E-state index contributed by atoms with van der Waals surface area (Å²) in [6.45, 7) is 2.34. The lowest BCUT2D eigenvalue weighted by Gasteiger charge is -2.29. The molecule has 23 heavy (non-hydrogen) atoms. The van der Waals surface area contributed by atoms with Gasteiger partial charge in [0.15, 0.2) is 0 Å². The number of pyridine rings is 1. The fourth-order valence-corrected chi connectivity index (χ4v) is 3.51. The SMILES string of the molecule is Cc1csc(-c2cc(CN)cc(NC3CCC(F)(F)CC3)n2)n1. The highest BCUT2D eigenvalue weighted by Crippen LogP contribution is 2.34. The van der Waals surface area contributed by atoms with Gasteiger partial charge in [-0.25, -0.2) is 18.7 Å². The van der Waals surface area contributed by atoms with Crippen molar-refractivity contribution >= 4 is 17.2 Å². The van der Waals surface area contributed by atoms with E-state index in [0.29, 0.717) is 25.2 Å². The van der Waals surface area contributed by atoms with E-state index in [2.05, 4.69) is 15.3 Å². The normalized spacial score (nSPS) is 18.1. The molecular formula is C16H20F2N4S. The number of aromatic nitrogens is 2. The van der Waals surface area contributed by atoms with Crippen molar-refractivity contribution in [1.29, 1.82) is 0 Å². The Kier molecular flexibility index (Phi) is 4.59. The van der Waals surface area contributed by atoms with E-state index in [1.54, 1.807) is 0 Å². The molecule has 4 nitrogen and oxygen atoms in total. The van der Waals surface area contributed by atoms with E-state index in [0.717, 1.165) is 22.0 Å². The lowest BCUT2D eigenvalue weighted by molar-refractivity contribution is -0.0361. The molecule has 3 N–H and O–H groups in total. The van der Waals surface area contributed by atoms with Crippen LogP contribution < -0.4 is 11.1 Å². The Morgan fingerprint density at radius 1 is 1.30 bits per heavy atom. The highest BCUT2D eigenvalue weighted by Gasteiger charge is 2.34. The first-order valence-corrected chi connectivity index (χ1v) is 8.61. The van der Waals surface area contributed by atoms with Crippen molar-refractivity contribution in [3.8, 4) is 10.7 Å². The second-order valence-corrected chi connectivity index (χ2v) is 6.88. The van der Waals surface area contributed by atoms with Gasteiger partial charge in [-0.1, -0.05) is 0 Å². The summed E-state index contributed by atoms with van der Waals surface area (Å²) >= 11 is 1.53. The molecular weight excluding hydrogens is 318 g/mol. The van der Waals surface area contributed by atoms with Crippen LogP contribution in [-0.2, 0) is 6.54 Å². The number of halogens is 2. The minimum absolute atomic E-state index is 0.0287. The van der Waals surface area contributed by atoms with Crippen molar-refractivity contribution in [3.05, 3.63) is 28.8 Å². The van der Waals surface area contributed by atoms with Gasteiger partial charge in [0, 0.05) is 36.5 Å². The minimum Gasteiger partial charge on any atom is -0.367 e. The van der Waals surface area contributed by atoms with E-state index in [-0.39, 0.29) is 18.9 Å². The van der Waals surface area contributed by atoms with Gasteiger partial charge in [-0.05, 0) is 37.5 Å². The number of anilines is 1. The Morgan fingerprint density at radius 2 is 2.04 bits per heavy atom. The van der Waals surface area contributed by atoms with Gasteiger partial charge in [0.05, 0.1) is 0 Å². The number of rotatable bonds is 4. The summed E-state index contributed by atoms with van der Waals surface area (Å²) in [5, 5.41) is 6.11. The van der Waals surface area contributed by atoms with Gasteiger partial charge in [-0.3, -0.25) is 0 Å². The lowest BCUT2D eigenvalue weighted by Crippen LogP contribution is -2.32. The van der Waals surface area contributed by atoms with E-state index in [9.17, 15) is 8.78 Å². The molecule has 0 aromatic carbocycles. The second-order valence-electron chi connectivity index (χ2n) is 6.02. The minimum atomic E-state index is -2.52. The first-order valence-electron chi connectivity index (χ1n) is 7.73. The molecule has 7 heteroatoms. The van der Waals surface area contributed by atoms with Crippen molar-refractivity contribution in [3.63, 3.8) is 0 Å². The maximum absolute atomic E-state index is 13.3. The number of aryl methyl sites for hydroxylation is 1. The molecule has 2 aromatic heterocycles. The van der Waals surface area contributed by atoms with Gasteiger partial charge in [0.25, 0.3) is 0 Å². The molecule has 0 radical (unpaired) electrons. The van der Waals surface area contributed by atoms with Gasteiger partial charge in [-0.2, -0.15) is 0 Å². The monoisotopic (exact) mass is 338 g/mol. The number of nitrogens with two attached hydrogens (primary N) is 1. The van der Waals surface area contributed by atoms with E-state index in [1.807, 2.05) is 24.4 Å². The van der Waals surface area contributed by atoms with Gasteiger partial charge in [0.1, 0.15) is 16.5 Å². The highest BCUT2D eigenvalue weighted by molar-refractivity contribution is 7.13. The molecule has 0 unspecified atom stereocenters.